The number of benzene rings is 1. The molecule has 1 aromatic rings. The van der Waals surface area contributed by atoms with Crippen molar-refractivity contribution in [3.05, 3.63) is 22.7 Å². The molecule has 0 fully saturated rings. The molecule has 0 aromatic heterocycles. The third-order valence-electron chi connectivity index (χ3n) is 2.31. The van der Waals surface area contributed by atoms with Crippen LogP contribution in [-0.4, -0.2) is 25.2 Å². The van der Waals surface area contributed by atoms with Crippen molar-refractivity contribution in [2.75, 3.05) is 5.75 Å². The number of hydrogen-bond acceptors (Lipinski definition) is 4. The molecule has 0 atom stereocenters. The Morgan fingerprint density at radius 3 is 2.58 bits per heavy atom. The van der Waals surface area contributed by atoms with Crippen molar-refractivity contribution in [2.24, 2.45) is 5.14 Å². The smallest absolute Gasteiger partial charge is 0.335 e. The highest BCUT2D eigenvalue weighted by Crippen LogP contribution is 2.34. The molecule has 5 nitrogen and oxygen atoms in total. The van der Waals surface area contributed by atoms with E-state index in [9.17, 15) is 13.2 Å². The van der Waals surface area contributed by atoms with Gasteiger partial charge in [-0.3, -0.25) is 0 Å². The van der Waals surface area contributed by atoms with E-state index in [1.54, 1.807) is 0 Å². The number of carboxylic acid groups (broad SMARTS) is 1. The van der Waals surface area contributed by atoms with Crippen molar-refractivity contribution in [2.45, 2.75) is 29.6 Å². The molecule has 106 valence electrons. The minimum Gasteiger partial charge on any atom is -0.478 e. The molecule has 0 bridgehead atoms. The van der Waals surface area contributed by atoms with Crippen LogP contribution in [0, 0.1) is 0 Å². The molecule has 1 rings (SSSR count). The predicted molar refractivity (Wildman–Crippen MR) is 75.4 cm³/mol. The van der Waals surface area contributed by atoms with Crippen molar-refractivity contribution in [3.8, 4) is 0 Å². The molecule has 0 spiro atoms. The van der Waals surface area contributed by atoms with Crippen LogP contribution in [0.1, 0.15) is 30.1 Å². The lowest BCUT2D eigenvalue weighted by atomic mass is 10.2. The number of thioether (sulfide) groups is 1. The van der Waals surface area contributed by atoms with Crippen molar-refractivity contribution in [1.29, 1.82) is 0 Å². The number of nitrogens with two attached hydrogens (primary N) is 1. The zero-order valence-electron chi connectivity index (χ0n) is 10.2. The Hall–Kier alpha value is -0.760. The van der Waals surface area contributed by atoms with Gasteiger partial charge in [-0.05, 0) is 24.3 Å². The molecule has 0 saturated heterocycles. The van der Waals surface area contributed by atoms with Gasteiger partial charge in [0.25, 0.3) is 0 Å². The van der Waals surface area contributed by atoms with E-state index in [4.69, 9.17) is 21.8 Å². The summed E-state index contributed by atoms with van der Waals surface area (Å²) in [5, 5.41) is 14.0. The summed E-state index contributed by atoms with van der Waals surface area (Å²) in [5.74, 6) is -0.498. The van der Waals surface area contributed by atoms with Crippen LogP contribution in [0.15, 0.2) is 21.9 Å². The molecule has 0 aliphatic carbocycles. The second-order valence-electron chi connectivity index (χ2n) is 3.84. The van der Waals surface area contributed by atoms with Crippen LogP contribution in [-0.2, 0) is 10.0 Å². The Morgan fingerprint density at radius 2 is 2.11 bits per heavy atom. The SMILES string of the molecule is CCCCSc1cc(C(=O)O)cc(S(N)(=O)=O)c1Cl. The fourth-order valence-electron chi connectivity index (χ4n) is 1.33. The molecule has 3 N–H and O–H groups in total. The Kier molecular flexibility index (Phi) is 5.66. The first-order valence-corrected chi connectivity index (χ1v) is 8.40. The highest BCUT2D eigenvalue weighted by Gasteiger charge is 2.20. The van der Waals surface area contributed by atoms with Gasteiger partial charge in [0.2, 0.25) is 10.0 Å². The van der Waals surface area contributed by atoms with Gasteiger partial charge < -0.3 is 5.11 Å². The fourth-order valence-corrected chi connectivity index (χ4v) is 3.75. The normalized spacial score (nSPS) is 11.5. The molecule has 0 aliphatic rings. The summed E-state index contributed by atoms with van der Waals surface area (Å²) in [6.07, 6.45) is 1.90. The van der Waals surface area contributed by atoms with Gasteiger partial charge in [0.15, 0.2) is 0 Å². The fraction of sp³-hybridized carbons (Fsp3) is 0.364. The van der Waals surface area contributed by atoms with Crippen LogP contribution in [0.4, 0.5) is 0 Å². The number of halogens is 1. The molecule has 8 heteroatoms. The van der Waals surface area contributed by atoms with Crippen LogP contribution in [0.2, 0.25) is 5.02 Å². The standard InChI is InChI=1S/C11H14ClNO4S2/c1-2-3-4-18-8-5-7(11(14)15)6-9(10(8)12)19(13,16)17/h5-6H,2-4H2,1H3,(H,14,15)(H2,13,16,17). The van der Waals surface area contributed by atoms with Crippen LogP contribution >= 0.6 is 23.4 Å². The van der Waals surface area contributed by atoms with E-state index in [-0.39, 0.29) is 15.5 Å². The molecule has 0 aliphatic heterocycles. The first-order chi connectivity index (χ1) is 8.77. The first kappa shape index (κ1) is 16.3. The lowest BCUT2D eigenvalue weighted by Gasteiger charge is -2.09. The highest BCUT2D eigenvalue weighted by molar-refractivity contribution is 7.99. The average Bonchev–Trinajstić information content (AvgIpc) is 2.29. The van der Waals surface area contributed by atoms with E-state index in [0.717, 1.165) is 24.7 Å². The summed E-state index contributed by atoms with van der Waals surface area (Å²) in [6, 6.07) is 2.34. The van der Waals surface area contributed by atoms with E-state index in [2.05, 4.69) is 0 Å². The number of primary sulfonamides is 1. The summed E-state index contributed by atoms with van der Waals surface area (Å²) in [5.41, 5.74) is -0.146. The van der Waals surface area contributed by atoms with Gasteiger partial charge in [-0.2, -0.15) is 0 Å². The average molecular weight is 324 g/mol. The monoisotopic (exact) mass is 323 g/mol. The van der Waals surface area contributed by atoms with Gasteiger partial charge in [-0.15, -0.1) is 11.8 Å². The zero-order valence-corrected chi connectivity index (χ0v) is 12.6. The number of hydrogen-bond donors (Lipinski definition) is 2. The molecular weight excluding hydrogens is 310 g/mol. The largest absolute Gasteiger partial charge is 0.478 e. The first-order valence-electron chi connectivity index (χ1n) is 5.49. The second kappa shape index (κ2) is 6.60. The van der Waals surface area contributed by atoms with Crippen LogP contribution in [0.5, 0.6) is 0 Å². The van der Waals surface area contributed by atoms with Gasteiger partial charge >= 0.3 is 5.97 Å². The lowest BCUT2D eigenvalue weighted by molar-refractivity contribution is 0.0696. The minimum absolute atomic E-state index is 0.0198. The maximum absolute atomic E-state index is 11.4. The van der Waals surface area contributed by atoms with E-state index < -0.39 is 16.0 Å². The summed E-state index contributed by atoms with van der Waals surface area (Å²) >= 11 is 7.29. The maximum atomic E-state index is 11.4. The van der Waals surface area contributed by atoms with Crippen LogP contribution < -0.4 is 5.14 Å². The molecule has 19 heavy (non-hydrogen) atoms. The Morgan fingerprint density at radius 1 is 1.47 bits per heavy atom. The van der Waals surface area contributed by atoms with Crippen LogP contribution in [0.3, 0.4) is 0 Å². The van der Waals surface area contributed by atoms with E-state index in [0.29, 0.717) is 4.90 Å². The van der Waals surface area contributed by atoms with Crippen molar-refractivity contribution < 1.29 is 18.3 Å². The van der Waals surface area contributed by atoms with Gasteiger partial charge in [0.1, 0.15) is 4.90 Å². The Balaban J connectivity index is 3.29. The quantitative estimate of drug-likeness (QED) is 0.619. The molecule has 0 amide bonds. The van der Waals surface area contributed by atoms with E-state index >= 15 is 0 Å². The second-order valence-corrected chi connectivity index (χ2v) is 6.88. The van der Waals surface area contributed by atoms with E-state index in [1.165, 1.54) is 17.8 Å². The number of unbranched alkanes of at least 4 members (excludes halogenated alkanes) is 1. The van der Waals surface area contributed by atoms with Crippen molar-refractivity contribution in [3.63, 3.8) is 0 Å². The number of carbonyl (C=O) groups is 1. The summed E-state index contributed by atoms with van der Waals surface area (Å²) in [4.78, 5) is 11.0. The number of aromatic carboxylic acids is 1. The number of sulfonamides is 1. The Bertz CT molecular complexity index is 587. The maximum Gasteiger partial charge on any atom is 0.335 e. The molecule has 1 aromatic carbocycles. The zero-order chi connectivity index (χ0) is 14.6. The summed E-state index contributed by atoms with van der Waals surface area (Å²) < 4.78 is 22.8. The van der Waals surface area contributed by atoms with Gasteiger partial charge in [0.05, 0.1) is 10.6 Å². The van der Waals surface area contributed by atoms with Gasteiger partial charge in [0, 0.05) is 4.90 Å². The number of carboxylic acids is 1. The summed E-state index contributed by atoms with van der Waals surface area (Å²) in [7, 11) is -4.05. The topological polar surface area (TPSA) is 97.5 Å². The van der Waals surface area contributed by atoms with Gasteiger partial charge in [-0.25, -0.2) is 18.4 Å². The highest BCUT2D eigenvalue weighted by atomic mass is 35.5. The molecule has 0 heterocycles. The predicted octanol–water partition coefficient (Wildman–Crippen LogP) is 2.58. The number of rotatable bonds is 6. The van der Waals surface area contributed by atoms with Crippen LogP contribution in [0.25, 0.3) is 0 Å². The minimum atomic E-state index is -4.05. The molecule has 0 radical (unpaired) electrons. The summed E-state index contributed by atoms with van der Waals surface area (Å²) in [6.45, 7) is 2.02. The molecular formula is C11H14ClNO4S2. The molecule has 0 saturated carbocycles. The van der Waals surface area contributed by atoms with Crippen molar-refractivity contribution in [1.82, 2.24) is 0 Å². The molecule has 0 unspecified atom stereocenters. The third-order valence-corrected chi connectivity index (χ3v) is 5.01. The van der Waals surface area contributed by atoms with Gasteiger partial charge in [-0.1, -0.05) is 24.9 Å². The third kappa shape index (κ3) is 4.38. The lowest BCUT2D eigenvalue weighted by Crippen LogP contribution is -2.14. The van der Waals surface area contributed by atoms with Crippen molar-refractivity contribution >= 4 is 39.4 Å². The Labute approximate surface area is 121 Å². The van der Waals surface area contributed by atoms with E-state index in [1.807, 2.05) is 6.92 Å².